The second-order valence-corrected chi connectivity index (χ2v) is 5.77. The number of ether oxygens (including phenoxy) is 2. The Labute approximate surface area is 130 Å². The quantitative estimate of drug-likeness (QED) is 0.913. The fraction of sp³-hybridized carbons (Fsp3) is 0.263. The Hall–Kier alpha value is -2.10. The average molecular weight is 294 g/mol. The maximum absolute atomic E-state index is 6.38. The van der Waals surface area contributed by atoms with Gasteiger partial charge in [0.05, 0.1) is 18.8 Å². The number of rotatable bonds is 2. The lowest BCUT2D eigenvalue weighted by Crippen LogP contribution is -3.18. The molecule has 4 rings (SSSR count). The maximum atomic E-state index is 6.38. The van der Waals surface area contributed by atoms with Crippen LogP contribution in [-0.2, 0) is 4.74 Å². The zero-order valence-corrected chi connectivity index (χ0v) is 12.5. The van der Waals surface area contributed by atoms with Crippen LogP contribution < -0.4 is 9.64 Å². The Morgan fingerprint density at radius 3 is 2.41 bits per heavy atom. The van der Waals surface area contributed by atoms with Crippen LogP contribution in [0.1, 0.15) is 11.1 Å². The number of hydrogen-bond acceptors (Lipinski definition) is 2. The van der Waals surface area contributed by atoms with Crippen molar-refractivity contribution in [2.24, 2.45) is 0 Å². The van der Waals surface area contributed by atoms with Gasteiger partial charge in [-0.1, -0.05) is 48.5 Å². The van der Waals surface area contributed by atoms with E-state index < -0.39 is 0 Å². The van der Waals surface area contributed by atoms with E-state index in [0.29, 0.717) is 0 Å². The number of benzene rings is 2. The first kappa shape index (κ1) is 13.6. The molecule has 1 atom stereocenters. The number of nitrogens with one attached hydrogen (secondary N) is 1. The van der Waals surface area contributed by atoms with E-state index in [4.69, 9.17) is 9.47 Å². The number of para-hydroxylation sites is 1. The van der Waals surface area contributed by atoms with Crippen LogP contribution in [0.2, 0.25) is 0 Å². The summed E-state index contributed by atoms with van der Waals surface area (Å²) in [4.78, 5) is 1.44. The van der Waals surface area contributed by atoms with Gasteiger partial charge in [0.15, 0.2) is 0 Å². The monoisotopic (exact) mass is 294 g/mol. The normalized spacial score (nSPS) is 21.6. The Balaban J connectivity index is 1.76. The molecule has 22 heavy (non-hydrogen) atoms. The van der Waals surface area contributed by atoms with Gasteiger partial charge in [-0.2, -0.15) is 0 Å². The van der Waals surface area contributed by atoms with Gasteiger partial charge in [0, 0.05) is 5.56 Å². The van der Waals surface area contributed by atoms with E-state index in [1.165, 1.54) is 16.0 Å². The van der Waals surface area contributed by atoms with E-state index in [-0.39, 0.29) is 6.23 Å². The molecule has 0 aromatic heterocycles. The number of morpholine rings is 1. The Kier molecular flexibility index (Phi) is 3.67. The van der Waals surface area contributed by atoms with Crippen LogP contribution in [0.25, 0.3) is 11.6 Å². The van der Waals surface area contributed by atoms with E-state index in [1.54, 1.807) is 0 Å². The highest BCUT2D eigenvalue weighted by molar-refractivity contribution is 5.86. The van der Waals surface area contributed by atoms with Crippen LogP contribution in [0.3, 0.4) is 0 Å². The van der Waals surface area contributed by atoms with E-state index >= 15 is 0 Å². The van der Waals surface area contributed by atoms with Gasteiger partial charge in [-0.05, 0) is 17.7 Å². The van der Waals surface area contributed by atoms with Crippen LogP contribution in [0.15, 0.2) is 54.6 Å². The topological polar surface area (TPSA) is 22.9 Å². The molecule has 2 aromatic carbocycles. The molecule has 0 bridgehead atoms. The molecule has 0 saturated carbocycles. The summed E-state index contributed by atoms with van der Waals surface area (Å²) < 4.78 is 11.9. The predicted octanol–water partition coefficient (Wildman–Crippen LogP) is 1.86. The van der Waals surface area contributed by atoms with Crippen molar-refractivity contribution in [1.29, 1.82) is 0 Å². The minimum atomic E-state index is 0.0428. The van der Waals surface area contributed by atoms with Crippen molar-refractivity contribution in [3.63, 3.8) is 0 Å². The summed E-state index contributed by atoms with van der Waals surface area (Å²) in [5.41, 5.74) is 3.66. The van der Waals surface area contributed by atoms with Crippen molar-refractivity contribution in [1.82, 2.24) is 0 Å². The molecule has 0 aliphatic carbocycles. The van der Waals surface area contributed by atoms with Crippen LogP contribution in [0.4, 0.5) is 0 Å². The van der Waals surface area contributed by atoms with Gasteiger partial charge in [0.1, 0.15) is 18.8 Å². The molecular weight excluding hydrogens is 274 g/mol. The summed E-state index contributed by atoms with van der Waals surface area (Å²) >= 11 is 0. The SMILES string of the molecule is C1=C(c2ccccc2)[C@@H]([NH+]2CCOCC2)Oc2ccccc21. The molecule has 0 unspecified atom stereocenters. The highest BCUT2D eigenvalue weighted by Crippen LogP contribution is 2.32. The molecule has 2 heterocycles. The molecule has 3 heteroatoms. The van der Waals surface area contributed by atoms with Gasteiger partial charge in [0.2, 0.25) is 0 Å². The zero-order valence-electron chi connectivity index (χ0n) is 12.5. The Morgan fingerprint density at radius 2 is 1.59 bits per heavy atom. The summed E-state index contributed by atoms with van der Waals surface area (Å²) in [6.07, 6.45) is 2.32. The standard InChI is InChI=1S/C19H19NO2/c1-2-6-15(7-3-1)17-14-16-8-4-5-9-18(16)22-19(17)20-10-12-21-13-11-20/h1-9,14,19H,10-13H2/p+1/t19-/m0/s1. The van der Waals surface area contributed by atoms with Crippen LogP contribution in [-0.4, -0.2) is 32.5 Å². The highest BCUT2D eigenvalue weighted by Gasteiger charge is 2.33. The molecule has 3 nitrogen and oxygen atoms in total. The van der Waals surface area contributed by atoms with E-state index in [1.807, 2.05) is 6.07 Å². The molecule has 2 aliphatic rings. The van der Waals surface area contributed by atoms with Gasteiger partial charge in [-0.3, -0.25) is 4.90 Å². The molecule has 2 aliphatic heterocycles. The largest absolute Gasteiger partial charge is 0.438 e. The molecule has 1 N–H and O–H groups in total. The van der Waals surface area contributed by atoms with Crippen molar-refractivity contribution < 1.29 is 14.4 Å². The highest BCUT2D eigenvalue weighted by atomic mass is 16.5. The smallest absolute Gasteiger partial charge is 0.259 e. The maximum Gasteiger partial charge on any atom is 0.259 e. The Bertz CT molecular complexity index is 675. The lowest BCUT2D eigenvalue weighted by Gasteiger charge is -2.35. The van der Waals surface area contributed by atoms with Crippen molar-refractivity contribution >= 4 is 11.6 Å². The van der Waals surface area contributed by atoms with Crippen molar-refractivity contribution in [2.75, 3.05) is 26.3 Å². The lowest BCUT2D eigenvalue weighted by molar-refractivity contribution is -0.941. The lowest BCUT2D eigenvalue weighted by atomic mass is 9.97. The summed E-state index contributed by atoms with van der Waals surface area (Å²) in [5, 5.41) is 0. The number of quaternary nitrogens is 1. The van der Waals surface area contributed by atoms with Gasteiger partial charge >= 0.3 is 0 Å². The van der Waals surface area contributed by atoms with E-state index in [9.17, 15) is 0 Å². The van der Waals surface area contributed by atoms with Crippen LogP contribution in [0, 0.1) is 0 Å². The first-order valence-electron chi connectivity index (χ1n) is 7.87. The van der Waals surface area contributed by atoms with E-state index in [2.05, 4.69) is 54.6 Å². The average Bonchev–Trinajstić information content (AvgIpc) is 2.62. The van der Waals surface area contributed by atoms with Crippen molar-refractivity contribution in [3.8, 4) is 5.75 Å². The molecule has 0 radical (unpaired) electrons. The predicted molar refractivity (Wildman–Crippen MR) is 86.7 cm³/mol. The molecule has 1 saturated heterocycles. The number of hydrogen-bond donors (Lipinski definition) is 1. The van der Waals surface area contributed by atoms with E-state index in [0.717, 1.165) is 37.6 Å². The first-order chi connectivity index (χ1) is 10.9. The van der Waals surface area contributed by atoms with Crippen molar-refractivity contribution in [3.05, 3.63) is 65.7 Å². The van der Waals surface area contributed by atoms with Gasteiger partial charge in [0.25, 0.3) is 6.23 Å². The summed E-state index contributed by atoms with van der Waals surface area (Å²) in [7, 11) is 0. The molecule has 112 valence electrons. The number of fused-ring (bicyclic) bond motifs is 1. The molecule has 1 fully saturated rings. The second kappa shape index (κ2) is 5.95. The van der Waals surface area contributed by atoms with Crippen LogP contribution in [0.5, 0.6) is 5.75 Å². The molecular formula is C19H20NO2+. The Morgan fingerprint density at radius 1 is 0.864 bits per heavy atom. The fourth-order valence-corrected chi connectivity index (χ4v) is 3.21. The summed E-state index contributed by atoms with van der Waals surface area (Å²) in [6, 6.07) is 18.8. The fourth-order valence-electron chi connectivity index (χ4n) is 3.21. The third kappa shape index (κ3) is 2.54. The van der Waals surface area contributed by atoms with Gasteiger partial charge < -0.3 is 9.47 Å². The summed E-state index contributed by atoms with van der Waals surface area (Å²) in [6.45, 7) is 3.58. The molecule has 0 amide bonds. The van der Waals surface area contributed by atoms with Crippen molar-refractivity contribution in [2.45, 2.75) is 6.23 Å². The molecule has 2 aromatic rings. The molecule has 0 spiro atoms. The second-order valence-electron chi connectivity index (χ2n) is 5.77. The minimum absolute atomic E-state index is 0.0428. The third-order valence-electron chi connectivity index (χ3n) is 4.37. The first-order valence-corrected chi connectivity index (χ1v) is 7.87. The minimum Gasteiger partial charge on any atom is -0.438 e. The van der Waals surface area contributed by atoms with Gasteiger partial charge in [-0.25, -0.2) is 0 Å². The third-order valence-corrected chi connectivity index (χ3v) is 4.37. The summed E-state index contributed by atoms with van der Waals surface area (Å²) in [5.74, 6) is 0.978. The van der Waals surface area contributed by atoms with Gasteiger partial charge in [-0.15, -0.1) is 0 Å². The zero-order chi connectivity index (χ0) is 14.8. The van der Waals surface area contributed by atoms with Crippen LogP contribution >= 0.6 is 0 Å².